The van der Waals surface area contributed by atoms with Crippen molar-refractivity contribution in [1.29, 1.82) is 0 Å². The highest BCUT2D eigenvalue weighted by molar-refractivity contribution is 9.09. The average Bonchev–Trinajstić information content (AvgIpc) is 3.08. The Bertz CT molecular complexity index is 478. The highest BCUT2D eigenvalue weighted by Crippen LogP contribution is 2.48. The molecule has 1 fully saturated rings. The molecule has 0 unspecified atom stereocenters. The Balaban J connectivity index is 2.33. The Morgan fingerprint density at radius 2 is 2.25 bits per heavy atom. The number of halogens is 1. The van der Waals surface area contributed by atoms with Crippen molar-refractivity contribution in [3.63, 3.8) is 0 Å². The maximum atomic E-state index is 11.2. The standard InChI is InChI=1S/C13H11BrO2/c14-8-2-4-10-3-1-5-11(9-10)13(6-7-13)12(15)16/h1,3,5,9H,6-8H2,(H,15,16). The maximum Gasteiger partial charge on any atom is 0.314 e. The van der Waals surface area contributed by atoms with E-state index >= 15 is 0 Å². The first-order valence-electron chi connectivity index (χ1n) is 5.08. The number of rotatable bonds is 2. The Labute approximate surface area is 103 Å². The number of aliphatic carboxylic acids is 1. The van der Waals surface area contributed by atoms with Crippen LogP contribution in [-0.4, -0.2) is 16.4 Å². The van der Waals surface area contributed by atoms with Crippen LogP contribution in [0.5, 0.6) is 0 Å². The van der Waals surface area contributed by atoms with E-state index in [1.165, 1.54) is 0 Å². The van der Waals surface area contributed by atoms with Gasteiger partial charge in [0.1, 0.15) is 0 Å². The minimum Gasteiger partial charge on any atom is -0.481 e. The van der Waals surface area contributed by atoms with Gasteiger partial charge in [0, 0.05) is 5.56 Å². The Morgan fingerprint density at radius 1 is 1.50 bits per heavy atom. The van der Waals surface area contributed by atoms with E-state index in [1.54, 1.807) is 0 Å². The SMILES string of the molecule is O=C(O)C1(c2cccc(C#CCBr)c2)CC1. The summed E-state index contributed by atoms with van der Waals surface area (Å²) in [7, 11) is 0. The van der Waals surface area contributed by atoms with E-state index in [9.17, 15) is 9.90 Å². The molecule has 2 rings (SSSR count). The summed E-state index contributed by atoms with van der Waals surface area (Å²) in [5.41, 5.74) is 1.12. The fourth-order valence-electron chi connectivity index (χ4n) is 1.78. The minimum atomic E-state index is -0.724. The van der Waals surface area contributed by atoms with Crippen molar-refractivity contribution >= 4 is 21.9 Å². The molecule has 1 aromatic carbocycles. The van der Waals surface area contributed by atoms with Crippen molar-refractivity contribution in [3.05, 3.63) is 35.4 Å². The molecule has 82 valence electrons. The normalized spacial score (nSPS) is 16.1. The molecule has 2 nitrogen and oxygen atoms in total. The van der Waals surface area contributed by atoms with E-state index in [2.05, 4.69) is 27.8 Å². The van der Waals surface area contributed by atoms with Gasteiger partial charge in [-0.2, -0.15) is 0 Å². The van der Waals surface area contributed by atoms with E-state index in [0.717, 1.165) is 24.0 Å². The highest BCUT2D eigenvalue weighted by atomic mass is 79.9. The molecule has 0 radical (unpaired) electrons. The van der Waals surface area contributed by atoms with Gasteiger partial charge in [0.05, 0.1) is 10.7 Å². The zero-order valence-electron chi connectivity index (χ0n) is 8.66. The summed E-state index contributed by atoms with van der Waals surface area (Å²) in [6.07, 6.45) is 1.47. The van der Waals surface area contributed by atoms with Gasteiger partial charge >= 0.3 is 5.97 Å². The van der Waals surface area contributed by atoms with Crippen molar-refractivity contribution < 1.29 is 9.90 Å². The third kappa shape index (κ3) is 1.98. The van der Waals surface area contributed by atoms with Crippen molar-refractivity contribution in [3.8, 4) is 11.8 Å². The number of hydrogen-bond donors (Lipinski definition) is 1. The molecule has 0 spiro atoms. The summed E-state index contributed by atoms with van der Waals surface area (Å²) >= 11 is 3.23. The monoisotopic (exact) mass is 278 g/mol. The topological polar surface area (TPSA) is 37.3 Å². The first kappa shape index (κ1) is 11.2. The van der Waals surface area contributed by atoms with Crippen LogP contribution in [0.1, 0.15) is 24.0 Å². The first-order chi connectivity index (χ1) is 7.69. The fourth-order valence-corrected chi connectivity index (χ4v) is 1.92. The lowest BCUT2D eigenvalue weighted by Crippen LogP contribution is -2.19. The number of carboxylic acid groups (broad SMARTS) is 1. The second-order valence-electron chi connectivity index (χ2n) is 3.90. The maximum absolute atomic E-state index is 11.2. The lowest BCUT2D eigenvalue weighted by molar-refractivity contribution is -0.140. The number of carbonyl (C=O) groups is 1. The van der Waals surface area contributed by atoms with E-state index in [1.807, 2.05) is 24.3 Å². The van der Waals surface area contributed by atoms with E-state index in [-0.39, 0.29) is 0 Å². The molecule has 0 bridgehead atoms. The molecule has 0 heterocycles. The molecular formula is C13H11BrO2. The first-order valence-corrected chi connectivity index (χ1v) is 6.20. The van der Waals surface area contributed by atoms with Crippen molar-refractivity contribution in [1.82, 2.24) is 0 Å². The van der Waals surface area contributed by atoms with Gasteiger partial charge in [-0.3, -0.25) is 4.79 Å². The van der Waals surface area contributed by atoms with Crippen LogP contribution >= 0.6 is 15.9 Å². The van der Waals surface area contributed by atoms with E-state index < -0.39 is 11.4 Å². The largest absolute Gasteiger partial charge is 0.481 e. The van der Waals surface area contributed by atoms with Crippen LogP contribution in [0.4, 0.5) is 0 Å². The summed E-state index contributed by atoms with van der Waals surface area (Å²) in [5.74, 6) is 5.17. The number of carboxylic acids is 1. The summed E-state index contributed by atoms with van der Waals surface area (Å²) in [4.78, 5) is 11.2. The smallest absolute Gasteiger partial charge is 0.314 e. The van der Waals surface area contributed by atoms with Gasteiger partial charge in [-0.1, -0.05) is 39.9 Å². The van der Waals surface area contributed by atoms with Crippen LogP contribution in [0.2, 0.25) is 0 Å². The second kappa shape index (κ2) is 4.31. The van der Waals surface area contributed by atoms with Gasteiger partial charge < -0.3 is 5.11 Å². The molecule has 0 aliphatic heterocycles. The molecule has 1 aliphatic rings. The minimum absolute atomic E-state index is 0.626. The van der Waals surface area contributed by atoms with Crippen molar-refractivity contribution in [2.45, 2.75) is 18.3 Å². The lowest BCUT2D eigenvalue weighted by Gasteiger charge is -2.09. The Hall–Kier alpha value is -1.27. The third-order valence-electron chi connectivity index (χ3n) is 2.87. The Morgan fingerprint density at radius 3 is 2.81 bits per heavy atom. The van der Waals surface area contributed by atoms with Gasteiger partial charge in [0.15, 0.2) is 0 Å². The summed E-state index contributed by atoms with van der Waals surface area (Å²) in [6, 6.07) is 7.53. The molecule has 1 aromatic rings. The van der Waals surface area contributed by atoms with Gasteiger partial charge in [0.2, 0.25) is 0 Å². The molecule has 0 atom stereocenters. The molecule has 1 aliphatic carbocycles. The van der Waals surface area contributed by atoms with Crippen LogP contribution in [0.3, 0.4) is 0 Å². The number of alkyl halides is 1. The highest BCUT2D eigenvalue weighted by Gasteiger charge is 2.51. The van der Waals surface area contributed by atoms with E-state index in [0.29, 0.717) is 5.33 Å². The summed E-state index contributed by atoms with van der Waals surface area (Å²) < 4.78 is 0. The molecular weight excluding hydrogens is 268 g/mol. The van der Waals surface area contributed by atoms with Crippen LogP contribution in [0.15, 0.2) is 24.3 Å². The Kier molecular flexibility index (Phi) is 3.02. The number of benzene rings is 1. The zero-order chi connectivity index (χ0) is 11.6. The van der Waals surface area contributed by atoms with Crippen LogP contribution < -0.4 is 0 Å². The van der Waals surface area contributed by atoms with Crippen molar-refractivity contribution in [2.24, 2.45) is 0 Å². The predicted octanol–water partition coefficient (Wildman–Crippen LogP) is 2.55. The quantitative estimate of drug-likeness (QED) is 0.667. The van der Waals surface area contributed by atoms with Gasteiger partial charge in [0.25, 0.3) is 0 Å². The molecule has 3 heteroatoms. The molecule has 0 aromatic heterocycles. The van der Waals surface area contributed by atoms with Crippen LogP contribution in [0, 0.1) is 11.8 Å². The lowest BCUT2D eigenvalue weighted by atomic mass is 9.95. The summed E-state index contributed by atoms with van der Waals surface area (Å²) in [6.45, 7) is 0. The van der Waals surface area contributed by atoms with Crippen LogP contribution in [0.25, 0.3) is 0 Å². The number of hydrogen-bond acceptors (Lipinski definition) is 1. The van der Waals surface area contributed by atoms with Gasteiger partial charge in [-0.15, -0.1) is 0 Å². The predicted molar refractivity (Wildman–Crippen MR) is 65.7 cm³/mol. The molecule has 0 saturated heterocycles. The van der Waals surface area contributed by atoms with Gasteiger partial charge in [-0.05, 0) is 30.5 Å². The molecule has 1 N–H and O–H groups in total. The van der Waals surface area contributed by atoms with Crippen molar-refractivity contribution in [2.75, 3.05) is 5.33 Å². The molecule has 1 saturated carbocycles. The molecule has 16 heavy (non-hydrogen) atoms. The van der Waals surface area contributed by atoms with E-state index in [4.69, 9.17) is 0 Å². The van der Waals surface area contributed by atoms with Crippen LogP contribution in [-0.2, 0) is 10.2 Å². The zero-order valence-corrected chi connectivity index (χ0v) is 10.3. The summed E-state index contributed by atoms with van der Waals surface area (Å²) in [5, 5.41) is 9.81. The molecule has 0 amide bonds. The average molecular weight is 279 g/mol. The second-order valence-corrected chi connectivity index (χ2v) is 4.46. The third-order valence-corrected chi connectivity index (χ3v) is 3.15. The van der Waals surface area contributed by atoms with Gasteiger partial charge in [-0.25, -0.2) is 0 Å². The fraction of sp³-hybridized carbons (Fsp3) is 0.308.